The van der Waals surface area contributed by atoms with Gasteiger partial charge in [-0.05, 0) is 60.7 Å². The molecule has 0 fully saturated rings. The topological polar surface area (TPSA) is 93.7 Å². The highest BCUT2D eigenvalue weighted by Crippen LogP contribution is 2.28. The van der Waals surface area contributed by atoms with Crippen molar-refractivity contribution in [3.8, 4) is 11.5 Å². The van der Waals surface area contributed by atoms with E-state index in [0.29, 0.717) is 38.9 Å². The van der Waals surface area contributed by atoms with Gasteiger partial charge >= 0.3 is 0 Å². The Hall–Kier alpha value is -4.53. The number of methoxy groups -OCH3 is 2. The standard InChI is InChI=1S/C32H27ClN2O5S/c1-39-24-16-15-22(30(19-24)40-2)17-28(35-31(37)21-9-4-3-5-10-21)32(38)34-23-11-8-12-25(18-23)41-20-29(36)26-13-6-7-14-27(26)33/h3-19H,20H2,1-2H3,(H,34,38)(H,35,37)/b28-17-. The molecule has 0 aliphatic heterocycles. The number of amides is 2. The molecule has 0 radical (unpaired) electrons. The minimum Gasteiger partial charge on any atom is -0.497 e. The monoisotopic (exact) mass is 586 g/mol. The van der Waals surface area contributed by atoms with Crippen LogP contribution in [-0.2, 0) is 4.79 Å². The van der Waals surface area contributed by atoms with E-state index < -0.39 is 11.8 Å². The number of ether oxygens (including phenoxy) is 2. The van der Waals surface area contributed by atoms with Gasteiger partial charge in [0.1, 0.15) is 17.2 Å². The lowest BCUT2D eigenvalue weighted by atomic mass is 10.1. The van der Waals surface area contributed by atoms with E-state index in [2.05, 4.69) is 10.6 Å². The zero-order chi connectivity index (χ0) is 29.2. The maximum Gasteiger partial charge on any atom is 0.272 e. The molecule has 0 saturated carbocycles. The third-order valence-electron chi connectivity index (χ3n) is 5.91. The molecule has 2 N–H and O–H groups in total. The molecule has 0 bridgehead atoms. The van der Waals surface area contributed by atoms with Crippen molar-refractivity contribution in [2.45, 2.75) is 4.90 Å². The molecule has 0 aromatic heterocycles. The van der Waals surface area contributed by atoms with Crippen LogP contribution in [0, 0.1) is 0 Å². The molecular weight excluding hydrogens is 560 g/mol. The second-order valence-corrected chi connectivity index (χ2v) is 10.1. The highest BCUT2D eigenvalue weighted by molar-refractivity contribution is 8.00. The first-order valence-corrected chi connectivity index (χ1v) is 13.9. The average molecular weight is 587 g/mol. The Kier molecular flexibility index (Phi) is 10.2. The van der Waals surface area contributed by atoms with Crippen LogP contribution in [0.1, 0.15) is 26.3 Å². The SMILES string of the molecule is COc1ccc(/C=C(\NC(=O)c2ccccc2)C(=O)Nc2cccc(SCC(=O)c3ccccc3Cl)c2)c(OC)c1. The number of rotatable bonds is 11. The van der Waals surface area contributed by atoms with Gasteiger partial charge in [0.15, 0.2) is 5.78 Å². The lowest BCUT2D eigenvalue weighted by Crippen LogP contribution is -2.30. The predicted octanol–water partition coefficient (Wildman–Crippen LogP) is 6.74. The third kappa shape index (κ3) is 8.00. The second kappa shape index (κ2) is 14.2. The third-order valence-corrected chi connectivity index (χ3v) is 7.23. The fourth-order valence-corrected chi connectivity index (χ4v) is 4.89. The fourth-order valence-electron chi connectivity index (χ4n) is 3.81. The maximum atomic E-state index is 13.5. The van der Waals surface area contributed by atoms with E-state index in [1.807, 2.05) is 6.07 Å². The van der Waals surface area contributed by atoms with Gasteiger partial charge in [0.05, 0.1) is 25.0 Å². The predicted molar refractivity (Wildman–Crippen MR) is 163 cm³/mol. The number of nitrogens with one attached hydrogen (secondary N) is 2. The fraction of sp³-hybridized carbons (Fsp3) is 0.0938. The minimum absolute atomic E-state index is 0.00859. The summed E-state index contributed by atoms with van der Waals surface area (Å²) in [4.78, 5) is 39.9. The number of anilines is 1. The number of Topliss-reactive ketones (excluding diaryl/α,β-unsaturated/α-hetero) is 1. The molecular formula is C32H27ClN2O5S. The zero-order valence-electron chi connectivity index (χ0n) is 22.3. The summed E-state index contributed by atoms with van der Waals surface area (Å²) in [6.07, 6.45) is 1.54. The van der Waals surface area contributed by atoms with Crippen molar-refractivity contribution in [2.75, 3.05) is 25.3 Å². The van der Waals surface area contributed by atoms with Crippen molar-refractivity contribution >= 4 is 52.7 Å². The van der Waals surface area contributed by atoms with Gasteiger partial charge in [0.2, 0.25) is 0 Å². The quantitative estimate of drug-likeness (QED) is 0.115. The molecule has 2 amide bonds. The lowest BCUT2D eigenvalue weighted by Gasteiger charge is -2.13. The molecule has 4 aromatic rings. The van der Waals surface area contributed by atoms with E-state index >= 15 is 0 Å². The summed E-state index contributed by atoms with van der Waals surface area (Å²) in [5.74, 6) is 0.142. The van der Waals surface area contributed by atoms with Crippen LogP contribution in [0.25, 0.3) is 6.08 Å². The van der Waals surface area contributed by atoms with E-state index in [1.165, 1.54) is 24.9 Å². The van der Waals surface area contributed by atoms with Crippen molar-refractivity contribution in [3.63, 3.8) is 0 Å². The number of ketones is 1. The Labute approximate surface area is 247 Å². The van der Waals surface area contributed by atoms with Crippen molar-refractivity contribution in [1.82, 2.24) is 5.32 Å². The molecule has 208 valence electrons. The van der Waals surface area contributed by atoms with Gasteiger partial charge < -0.3 is 20.1 Å². The summed E-state index contributed by atoms with van der Waals surface area (Å²) in [7, 11) is 3.05. The van der Waals surface area contributed by atoms with E-state index in [1.54, 1.807) is 98.1 Å². The van der Waals surface area contributed by atoms with Crippen molar-refractivity contribution in [3.05, 3.63) is 124 Å². The zero-order valence-corrected chi connectivity index (χ0v) is 23.9. The lowest BCUT2D eigenvalue weighted by molar-refractivity contribution is -0.113. The summed E-state index contributed by atoms with van der Waals surface area (Å²) in [5, 5.41) is 5.97. The number of carbonyl (C=O) groups excluding carboxylic acids is 3. The highest BCUT2D eigenvalue weighted by Gasteiger charge is 2.17. The van der Waals surface area contributed by atoms with E-state index in [9.17, 15) is 14.4 Å². The number of hydrogen-bond acceptors (Lipinski definition) is 6. The van der Waals surface area contributed by atoms with Gasteiger partial charge in [0, 0.05) is 33.3 Å². The molecule has 0 unspecified atom stereocenters. The molecule has 0 atom stereocenters. The molecule has 0 spiro atoms. The Morgan fingerprint density at radius 1 is 0.854 bits per heavy atom. The molecule has 9 heteroatoms. The van der Waals surface area contributed by atoms with Crippen LogP contribution in [0.5, 0.6) is 11.5 Å². The summed E-state index contributed by atoms with van der Waals surface area (Å²) in [6.45, 7) is 0. The summed E-state index contributed by atoms with van der Waals surface area (Å²) in [5.41, 5.74) is 1.92. The van der Waals surface area contributed by atoms with Gasteiger partial charge in [-0.1, -0.05) is 48.0 Å². The summed E-state index contributed by atoms with van der Waals surface area (Å²) < 4.78 is 10.7. The average Bonchev–Trinajstić information content (AvgIpc) is 3.00. The Bertz CT molecular complexity index is 1590. The van der Waals surface area contributed by atoms with Gasteiger partial charge in [-0.15, -0.1) is 11.8 Å². The summed E-state index contributed by atoms with van der Waals surface area (Å²) in [6, 6.07) is 27.7. The van der Waals surface area contributed by atoms with Gasteiger partial charge in [-0.2, -0.15) is 0 Å². The van der Waals surface area contributed by atoms with Crippen molar-refractivity contribution in [1.29, 1.82) is 0 Å². The first-order valence-electron chi connectivity index (χ1n) is 12.5. The maximum absolute atomic E-state index is 13.5. The minimum atomic E-state index is -0.540. The molecule has 7 nitrogen and oxygen atoms in total. The molecule has 0 aliphatic carbocycles. The molecule has 41 heavy (non-hydrogen) atoms. The van der Waals surface area contributed by atoms with E-state index in [0.717, 1.165) is 4.90 Å². The molecule has 0 aliphatic rings. The van der Waals surface area contributed by atoms with Crippen LogP contribution in [0.4, 0.5) is 5.69 Å². The van der Waals surface area contributed by atoms with Crippen LogP contribution in [0.2, 0.25) is 5.02 Å². The Balaban J connectivity index is 1.55. The van der Waals surface area contributed by atoms with Crippen LogP contribution in [0.3, 0.4) is 0 Å². The number of benzene rings is 4. The molecule has 0 saturated heterocycles. The summed E-state index contributed by atoms with van der Waals surface area (Å²) >= 11 is 7.48. The number of thioether (sulfide) groups is 1. The van der Waals surface area contributed by atoms with Crippen LogP contribution >= 0.6 is 23.4 Å². The van der Waals surface area contributed by atoms with Crippen molar-refractivity contribution < 1.29 is 23.9 Å². The number of halogens is 1. The normalized spacial score (nSPS) is 11.0. The largest absolute Gasteiger partial charge is 0.497 e. The Morgan fingerprint density at radius 3 is 2.34 bits per heavy atom. The second-order valence-electron chi connectivity index (χ2n) is 8.66. The molecule has 0 heterocycles. The van der Waals surface area contributed by atoms with E-state index in [4.69, 9.17) is 21.1 Å². The van der Waals surface area contributed by atoms with Gasteiger partial charge in [-0.3, -0.25) is 14.4 Å². The van der Waals surface area contributed by atoms with Gasteiger partial charge in [-0.25, -0.2) is 0 Å². The number of carbonyl (C=O) groups is 3. The molecule has 4 aromatic carbocycles. The Morgan fingerprint density at radius 2 is 1.61 bits per heavy atom. The smallest absolute Gasteiger partial charge is 0.272 e. The van der Waals surface area contributed by atoms with Crippen molar-refractivity contribution in [2.24, 2.45) is 0 Å². The van der Waals surface area contributed by atoms with Crippen LogP contribution in [0.15, 0.2) is 108 Å². The van der Waals surface area contributed by atoms with E-state index in [-0.39, 0.29) is 17.2 Å². The first kappa shape index (κ1) is 29.5. The van der Waals surface area contributed by atoms with Crippen LogP contribution in [-0.4, -0.2) is 37.6 Å². The van der Waals surface area contributed by atoms with Crippen LogP contribution < -0.4 is 20.1 Å². The highest BCUT2D eigenvalue weighted by atomic mass is 35.5. The molecule has 4 rings (SSSR count). The number of hydrogen-bond donors (Lipinski definition) is 2. The first-order chi connectivity index (χ1) is 19.9. The van der Waals surface area contributed by atoms with Gasteiger partial charge in [0.25, 0.3) is 11.8 Å².